The molecule has 162 valence electrons. The Morgan fingerprint density at radius 3 is 2.43 bits per heavy atom. The normalized spacial score (nSPS) is 12.3. The van der Waals surface area contributed by atoms with Gasteiger partial charge in [0.1, 0.15) is 5.75 Å². The van der Waals surface area contributed by atoms with Crippen LogP contribution in [0.3, 0.4) is 0 Å². The molecule has 0 aliphatic carbocycles. The third kappa shape index (κ3) is 5.88. The summed E-state index contributed by atoms with van der Waals surface area (Å²) in [7, 11) is -2.64. The summed E-state index contributed by atoms with van der Waals surface area (Å²) in [5.74, 6) is -2.15. The van der Waals surface area contributed by atoms with E-state index < -0.39 is 34.6 Å². The summed E-state index contributed by atoms with van der Waals surface area (Å²) in [6, 6.07) is 8.88. The molecule has 0 aromatic heterocycles. The van der Waals surface area contributed by atoms with E-state index in [2.05, 4.69) is 14.8 Å². The van der Waals surface area contributed by atoms with Crippen LogP contribution in [0.5, 0.6) is 5.75 Å². The number of carbonyl (C=O) groups excluding carboxylic acids is 2. The van der Waals surface area contributed by atoms with Gasteiger partial charge in [-0.1, -0.05) is 23.7 Å². The Morgan fingerprint density at radius 1 is 1.13 bits per heavy atom. The highest BCUT2D eigenvalue weighted by Gasteiger charge is 2.24. The zero-order chi connectivity index (χ0) is 22.5. The van der Waals surface area contributed by atoms with Gasteiger partial charge in [0.25, 0.3) is 5.91 Å². The lowest BCUT2D eigenvalue weighted by molar-refractivity contribution is -0.123. The molecule has 12 heteroatoms. The van der Waals surface area contributed by atoms with Crippen LogP contribution in [0.1, 0.15) is 17.3 Å². The number of para-hydroxylation sites is 2. The number of benzene rings is 2. The molecule has 1 amide bonds. The fourth-order valence-corrected chi connectivity index (χ4v) is 3.18. The number of alkyl halides is 2. The van der Waals surface area contributed by atoms with Crippen LogP contribution in [0.2, 0.25) is 5.02 Å². The van der Waals surface area contributed by atoms with Gasteiger partial charge in [0, 0.05) is 0 Å². The summed E-state index contributed by atoms with van der Waals surface area (Å²) >= 11 is 5.94. The van der Waals surface area contributed by atoms with Crippen LogP contribution in [0.4, 0.5) is 14.5 Å². The predicted octanol–water partition coefficient (Wildman–Crippen LogP) is 3.03. The van der Waals surface area contributed by atoms with E-state index in [-0.39, 0.29) is 26.9 Å². The molecule has 0 bridgehead atoms. The van der Waals surface area contributed by atoms with Gasteiger partial charge in [-0.2, -0.15) is 8.78 Å². The quantitative estimate of drug-likeness (QED) is 0.583. The van der Waals surface area contributed by atoms with Crippen molar-refractivity contribution < 1.29 is 36.3 Å². The van der Waals surface area contributed by atoms with Crippen molar-refractivity contribution >= 4 is 39.2 Å². The first-order valence-corrected chi connectivity index (χ1v) is 10.2. The van der Waals surface area contributed by atoms with Gasteiger partial charge in [-0.3, -0.25) is 4.79 Å². The fourth-order valence-electron chi connectivity index (χ4n) is 2.23. The summed E-state index contributed by atoms with van der Waals surface area (Å²) in [6.07, 6.45) is -1.36. The Kier molecular flexibility index (Phi) is 7.71. The van der Waals surface area contributed by atoms with Gasteiger partial charge in [0.15, 0.2) is 6.10 Å². The highest BCUT2D eigenvalue weighted by molar-refractivity contribution is 7.89. The maximum Gasteiger partial charge on any atom is 0.387 e. The van der Waals surface area contributed by atoms with Gasteiger partial charge in [-0.25, -0.2) is 17.9 Å². The molecule has 0 radical (unpaired) electrons. The molecule has 0 heterocycles. The van der Waals surface area contributed by atoms with Crippen molar-refractivity contribution in [3.05, 3.63) is 53.1 Å². The number of hydrogen-bond donors (Lipinski definition) is 2. The first kappa shape index (κ1) is 23.5. The van der Waals surface area contributed by atoms with E-state index in [1.807, 2.05) is 0 Å². The molecule has 0 saturated heterocycles. The summed E-state index contributed by atoms with van der Waals surface area (Å²) in [5, 5.41) is 2.23. The van der Waals surface area contributed by atoms with Crippen molar-refractivity contribution in [1.29, 1.82) is 0 Å². The van der Waals surface area contributed by atoms with E-state index in [1.54, 1.807) is 0 Å². The number of carbonyl (C=O) groups is 2. The Balaban J connectivity index is 2.15. The minimum Gasteiger partial charge on any atom is -0.449 e. The molecule has 30 heavy (non-hydrogen) atoms. The number of nitrogens with one attached hydrogen (secondary N) is 2. The monoisotopic (exact) mass is 462 g/mol. The largest absolute Gasteiger partial charge is 0.449 e. The Bertz CT molecular complexity index is 1050. The molecule has 0 aliphatic rings. The van der Waals surface area contributed by atoms with E-state index >= 15 is 0 Å². The number of halogens is 3. The lowest BCUT2D eigenvalue weighted by Crippen LogP contribution is -2.30. The summed E-state index contributed by atoms with van der Waals surface area (Å²) in [6.45, 7) is -1.85. The van der Waals surface area contributed by atoms with Gasteiger partial charge >= 0.3 is 12.6 Å². The zero-order valence-corrected chi connectivity index (χ0v) is 17.3. The van der Waals surface area contributed by atoms with Crippen LogP contribution in [0, 0.1) is 0 Å². The average molecular weight is 463 g/mol. The smallest absolute Gasteiger partial charge is 0.387 e. The molecule has 0 aliphatic heterocycles. The van der Waals surface area contributed by atoms with Crippen molar-refractivity contribution in [2.75, 3.05) is 12.4 Å². The fraction of sp³-hybridized carbons (Fsp3) is 0.222. The minimum absolute atomic E-state index is 0.0501. The first-order valence-electron chi connectivity index (χ1n) is 8.34. The maximum atomic E-state index is 12.5. The number of ether oxygens (including phenoxy) is 2. The van der Waals surface area contributed by atoms with E-state index in [0.717, 1.165) is 6.07 Å². The molecule has 0 spiro atoms. The number of amides is 1. The van der Waals surface area contributed by atoms with Crippen LogP contribution in [-0.4, -0.2) is 40.1 Å². The molecule has 2 N–H and O–H groups in total. The van der Waals surface area contributed by atoms with Crippen LogP contribution >= 0.6 is 11.6 Å². The summed E-state index contributed by atoms with van der Waals surface area (Å²) < 4.78 is 60.2. The average Bonchev–Trinajstić information content (AvgIpc) is 2.69. The lowest BCUT2D eigenvalue weighted by atomic mass is 10.2. The van der Waals surface area contributed by atoms with E-state index in [0.29, 0.717) is 0 Å². The molecule has 0 fully saturated rings. The van der Waals surface area contributed by atoms with Crippen molar-refractivity contribution in [2.24, 2.45) is 0 Å². The molecule has 0 saturated carbocycles. The Hall–Kier alpha value is -2.76. The van der Waals surface area contributed by atoms with Gasteiger partial charge in [0.2, 0.25) is 10.0 Å². The zero-order valence-electron chi connectivity index (χ0n) is 15.7. The number of rotatable bonds is 8. The van der Waals surface area contributed by atoms with Crippen LogP contribution < -0.4 is 14.8 Å². The third-order valence-corrected chi connectivity index (χ3v) is 5.49. The highest BCUT2D eigenvalue weighted by Crippen LogP contribution is 2.26. The van der Waals surface area contributed by atoms with Crippen LogP contribution in [0.25, 0.3) is 0 Å². The highest BCUT2D eigenvalue weighted by atomic mass is 35.5. The summed E-state index contributed by atoms with van der Waals surface area (Å²) in [5.41, 5.74) is -0.320. The van der Waals surface area contributed by atoms with E-state index in [4.69, 9.17) is 16.3 Å². The molecule has 2 aromatic rings. The van der Waals surface area contributed by atoms with E-state index in [9.17, 15) is 26.8 Å². The summed E-state index contributed by atoms with van der Waals surface area (Å²) in [4.78, 5) is 24.5. The Morgan fingerprint density at radius 2 is 1.80 bits per heavy atom. The van der Waals surface area contributed by atoms with E-state index in [1.165, 1.54) is 50.4 Å². The van der Waals surface area contributed by atoms with Gasteiger partial charge in [0.05, 0.1) is 21.2 Å². The Labute approximate surface area is 176 Å². The lowest BCUT2D eigenvalue weighted by Gasteiger charge is -2.16. The molecule has 2 rings (SSSR count). The van der Waals surface area contributed by atoms with Gasteiger partial charge in [-0.05, 0) is 44.3 Å². The third-order valence-electron chi connectivity index (χ3n) is 3.75. The molecular weight excluding hydrogens is 446 g/mol. The number of esters is 1. The molecular formula is C18H17ClF2N2O6S. The molecule has 8 nitrogen and oxygen atoms in total. The van der Waals surface area contributed by atoms with Crippen LogP contribution in [0.15, 0.2) is 47.4 Å². The van der Waals surface area contributed by atoms with Crippen molar-refractivity contribution in [3.8, 4) is 5.75 Å². The number of anilines is 1. The first-order chi connectivity index (χ1) is 14.0. The maximum absolute atomic E-state index is 12.5. The predicted molar refractivity (Wildman–Crippen MR) is 104 cm³/mol. The van der Waals surface area contributed by atoms with Crippen molar-refractivity contribution in [3.63, 3.8) is 0 Å². The minimum atomic E-state index is -3.84. The second kappa shape index (κ2) is 9.83. The van der Waals surface area contributed by atoms with Crippen molar-refractivity contribution in [2.45, 2.75) is 24.5 Å². The number of sulfonamides is 1. The molecule has 2 aromatic carbocycles. The number of hydrogen-bond acceptors (Lipinski definition) is 6. The van der Waals surface area contributed by atoms with Gasteiger partial charge < -0.3 is 14.8 Å². The topological polar surface area (TPSA) is 111 Å². The molecule has 1 atom stereocenters. The second-order valence-electron chi connectivity index (χ2n) is 5.76. The van der Waals surface area contributed by atoms with Gasteiger partial charge in [-0.15, -0.1) is 0 Å². The second-order valence-corrected chi connectivity index (χ2v) is 8.05. The van der Waals surface area contributed by atoms with Crippen molar-refractivity contribution in [1.82, 2.24) is 4.72 Å². The molecule has 1 unspecified atom stereocenters. The van der Waals surface area contributed by atoms with Crippen LogP contribution in [-0.2, 0) is 19.6 Å². The standard InChI is InChI=1S/C18H17ClF2N2O6S/c1-10(16(24)23-14-5-3-4-6-15(14)29-18(20)21)28-17(25)12-9-11(7-8-13(12)19)30(26,27)22-2/h3-10,18,22H,1-2H3,(H,23,24). The SMILES string of the molecule is CNS(=O)(=O)c1ccc(Cl)c(C(=O)OC(C)C(=O)Nc2ccccc2OC(F)F)c1.